The van der Waals surface area contributed by atoms with Gasteiger partial charge in [0.2, 0.25) is 0 Å². The lowest BCUT2D eigenvalue weighted by atomic mass is 9.86. The number of nitrogens with one attached hydrogen (secondary N) is 1. The van der Waals surface area contributed by atoms with Gasteiger partial charge >= 0.3 is 6.09 Å². The topological polar surface area (TPSA) is 61.8 Å². The molecule has 1 heterocycles. The number of hydrogen-bond acceptors (Lipinski definition) is 4. The van der Waals surface area contributed by atoms with Crippen molar-refractivity contribution in [3.8, 4) is 0 Å². The van der Waals surface area contributed by atoms with Crippen LogP contribution in [0.2, 0.25) is 0 Å². The SMILES string of the molecule is CC(C)(C)OC(=O)N1CCC(CNCC2CCCCC2O)CC1. The first kappa shape index (κ1) is 18.5. The van der Waals surface area contributed by atoms with Crippen LogP contribution >= 0.6 is 0 Å². The molecule has 1 aliphatic heterocycles. The molecular weight excluding hydrogens is 292 g/mol. The first-order chi connectivity index (χ1) is 10.8. The number of aliphatic hydroxyl groups excluding tert-OH is 1. The summed E-state index contributed by atoms with van der Waals surface area (Å²) in [5.74, 6) is 1.04. The van der Waals surface area contributed by atoms with Crippen molar-refractivity contribution in [3.05, 3.63) is 0 Å². The summed E-state index contributed by atoms with van der Waals surface area (Å²) in [6.45, 7) is 9.20. The molecule has 1 saturated heterocycles. The van der Waals surface area contributed by atoms with E-state index < -0.39 is 5.60 Å². The number of aliphatic hydroxyl groups is 1. The summed E-state index contributed by atoms with van der Waals surface area (Å²) in [4.78, 5) is 13.9. The summed E-state index contributed by atoms with van der Waals surface area (Å²) in [5, 5.41) is 13.5. The molecule has 2 aliphatic rings. The van der Waals surface area contributed by atoms with E-state index in [4.69, 9.17) is 4.74 Å². The Hall–Kier alpha value is -0.810. The van der Waals surface area contributed by atoms with Crippen molar-refractivity contribution in [2.75, 3.05) is 26.2 Å². The Morgan fingerprint density at radius 2 is 1.78 bits per heavy atom. The standard InChI is InChI=1S/C18H34N2O3/c1-18(2,3)23-17(22)20-10-8-14(9-11-20)12-19-13-15-6-4-5-7-16(15)21/h14-16,19,21H,4-13H2,1-3H3. The number of hydrogen-bond donors (Lipinski definition) is 2. The van der Waals surface area contributed by atoms with Gasteiger partial charge in [0.15, 0.2) is 0 Å². The number of likely N-dealkylation sites (tertiary alicyclic amines) is 1. The van der Waals surface area contributed by atoms with E-state index in [1.807, 2.05) is 25.7 Å². The lowest BCUT2D eigenvalue weighted by molar-refractivity contribution is 0.0181. The van der Waals surface area contributed by atoms with Gasteiger partial charge in [0.1, 0.15) is 5.60 Å². The second kappa shape index (κ2) is 8.34. The lowest BCUT2D eigenvalue weighted by Gasteiger charge is -2.34. The van der Waals surface area contributed by atoms with E-state index in [1.165, 1.54) is 12.8 Å². The fraction of sp³-hybridized carbons (Fsp3) is 0.944. The van der Waals surface area contributed by atoms with Crippen molar-refractivity contribution >= 4 is 6.09 Å². The van der Waals surface area contributed by atoms with Crippen LogP contribution in [0.25, 0.3) is 0 Å². The largest absolute Gasteiger partial charge is 0.444 e. The van der Waals surface area contributed by atoms with Gasteiger partial charge < -0.3 is 20.1 Å². The molecule has 2 unspecified atom stereocenters. The van der Waals surface area contributed by atoms with Gasteiger partial charge in [0, 0.05) is 19.6 Å². The number of nitrogens with zero attached hydrogens (tertiary/aromatic N) is 1. The highest BCUT2D eigenvalue weighted by molar-refractivity contribution is 5.68. The maximum atomic E-state index is 12.0. The van der Waals surface area contributed by atoms with Gasteiger partial charge in [0.05, 0.1) is 6.10 Å². The molecule has 2 N–H and O–H groups in total. The van der Waals surface area contributed by atoms with E-state index in [0.29, 0.717) is 11.8 Å². The van der Waals surface area contributed by atoms with Gasteiger partial charge in [-0.3, -0.25) is 0 Å². The molecule has 0 radical (unpaired) electrons. The highest BCUT2D eigenvalue weighted by Crippen LogP contribution is 2.24. The summed E-state index contributed by atoms with van der Waals surface area (Å²) < 4.78 is 5.43. The van der Waals surface area contributed by atoms with Gasteiger partial charge in [-0.05, 0) is 64.8 Å². The van der Waals surface area contributed by atoms with E-state index in [9.17, 15) is 9.90 Å². The zero-order valence-corrected chi connectivity index (χ0v) is 15.0. The van der Waals surface area contributed by atoms with Crippen LogP contribution in [0.15, 0.2) is 0 Å². The molecule has 5 nitrogen and oxygen atoms in total. The third-order valence-electron chi connectivity index (χ3n) is 4.97. The Balaban J connectivity index is 1.62. The highest BCUT2D eigenvalue weighted by atomic mass is 16.6. The van der Waals surface area contributed by atoms with Crippen LogP contribution in [0.4, 0.5) is 4.79 Å². The average Bonchev–Trinajstić information content (AvgIpc) is 2.48. The second-order valence-electron chi connectivity index (χ2n) is 8.18. The molecular formula is C18H34N2O3. The van der Waals surface area contributed by atoms with Crippen LogP contribution in [-0.2, 0) is 4.74 Å². The zero-order valence-electron chi connectivity index (χ0n) is 15.0. The Kier molecular flexibility index (Phi) is 6.72. The van der Waals surface area contributed by atoms with Crippen molar-refractivity contribution in [1.82, 2.24) is 10.2 Å². The molecule has 134 valence electrons. The smallest absolute Gasteiger partial charge is 0.410 e. The Labute approximate surface area is 140 Å². The average molecular weight is 326 g/mol. The Bertz CT molecular complexity index is 373. The number of amides is 1. The molecule has 0 aromatic rings. The van der Waals surface area contributed by atoms with Crippen LogP contribution < -0.4 is 5.32 Å². The molecule has 5 heteroatoms. The number of ether oxygens (including phenoxy) is 1. The normalized spacial score (nSPS) is 27.0. The van der Waals surface area contributed by atoms with E-state index in [2.05, 4.69) is 5.32 Å². The third kappa shape index (κ3) is 6.30. The van der Waals surface area contributed by atoms with Crippen molar-refractivity contribution in [1.29, 1.82) is 0 Å². The van der Waals surface area contributed by atoms with Crippen molar-refractivity contribution in [3.63, 3.8) is 0 Å². The first-order valence-corrected chi connectivity index (χ1v) is 9.22. The van der Waals surface area contributed by atoms with Crippen LogP contribution in [-0.4, -0.2) is 54.0 Å². The maximum absolute atomic E-state index is 12.0. The second-order valence-corrected chi connectivity index (χ2v) is 8.18. The quantitative estimate of drug-likeness (QED) is 0.834. The first-order valence-electron chi connectivity index (χ1n) is 9.22. The summed E-state index contributed by atoms with van der Waals surface area (Å²) in [5.41, 5.74) is -0.420. The van der Waals surface area contributed by atoms with Crippen LogP contribution in [0, 0.1) is 11.8 Å². The molecule has 2 atom stereocenters. The molecule has 0 aromatic heterocycles. The number of carbonyl (C=O) groups is 1. The fourth-order valence-corrected chi connectivity index (χ4v) is 3.55. The van der Waals surface area contributed by atoms with Gasteiger partial charge in [0.25, 0.3) is 0 Å². The van der Waals surface area contributed by atoms with Crippen molar-refractivity contribution in [2.24, 2.45) is 11.8 Å². The summed E-state index contributed by atoms with van der Waals surface area (Å²) in [6.07, 6.45) is 6.27. The summed E-state index contributed by atoms with van der Waals surface area (Å²) in [7, 11) is 0. The number of piperidine rings is 1. The monoisotopic (exact) mass is 326 g/mol. The Morgan fingerprint density at radius 3 is 2.39 bits per heavy atom. The van der Waals surface area contributed by atoms with Crippen molar-refractivity contribution < 1.29 is 14.6 Å². The van der Waals surface area contributed by atoms with Gasteiger partial charge in [-0.1, -0.05) is 12.8 Å². The van der Waals surface area contributed by atoms with Crippen LogP contribution in [0.1, 0.15) is 59.3 Å². The zero-order chi connectivity index (χ0) is 16.9. The van der Waals surface area contributed by atoms with Gasteiger partial charge in [-0.25, -0.2) is 4.79 Å². The van der Waals surface area contributed by atoms with E-state index in [0.717, 1.165) is 51.9 Å². The van der Waals surface area contributed by atoms with Crippen molar-refractivity contribution in [2.45, 2.75) is 71.0 Å². The molecule has 1 saturated carbocycles. The van der Waals surface area contributed by atoms with Crippen LogP contribution in [0.3, 0.4) is 0 Å². The summed E-state index contributed by atoms with van der Waals surface area (Å²) >= 11 is 0. The highest BCUT2D eigenvalue weighted by Gasteiger charge is 2.27. The van der Waals surface area contributed by atoms with E-state index >= 15 is 0 Å². The number of rotatable bonds is 4. The van der Waals surface area contributed by atoms with E-state index in [1.54, 1.807) is 0 Å². The summed E-state index contributed by atoms with van der Waals surface area (Å²) in [6, 6.07) is 0. The molecule has 1 amide bonds. The fourth-order valence-electron chi connectivity index (χ4n) is 3.55. The predicted octanol–water partition coefficient (Wildman–Crippen LogP) is 2.77. The molecule has 2 rings (SSSR count). The molecule has 1 aliphatic carbocycles. The minimum atomic E-state index is -0.420. The molecule has 2 fully saturated rings. The maximum Gasteiger partial charge on any atom is 0.410 e. The lowest BCUT2D eigenvalue weighted by Crippen LogP contribution is -2.44. The minimum Gasteiger partial charge on any atom is -0.444 e. The predicted molar refractivity (Wildman–Crippen MR) is 91.4 cm³/mol. The molecule has 0 aromatic carbocycles. The van der Waals surface area contributed by atoms with Crippen LogP contribution in [0.5, 0.6) is 0 Å². The molecule has 0 spiro atoms. The third-order valence-corrected chi connectivity index (χ3v) is 4.97. The minimum absolute atomic E-state index is 0.120. The molecule has 0 bridgehead atoms. The molecule has 23 heavy (non-hydrogen) atoms. The van der Waals surface area contributed by atoms with E-state index in [-0.39, 0.29) is 12.2 Å². The Morgan fingerprint density at radius 1 is 1.13 bits per heavy atom. The number of carbonyl (C=O) groups excluding carboxylic acids is 1. The van der Waals surface area contributed by atoms with Gasteiger partial charge in [-0.15, -0.1) is 0 Å². The van der Waals surface area contributed by atoms with Gasteiger partial charge in [-0.2, -0.15) is 0 Å².